The van der Waals surface area contributed by atoms with E-state index >= 15 is 0 Å². The summed E-state index contributed by atoms with van der Waals surface area (Å²) in [6, 6.07) is 2.86. The van der Waals surface area contributed by atoms with Crippen LogP contribution >= 0.6 is 35.0 Å². The Balaban J connectivity index is 2.13. The van der Waals surface area contributed by atoms with E-state index in [0.717, 1.165) is 0 Å². The summed E-state index contributed by atoms with van der Waals surface area (Å²) in [5, 5.41) is 0.494. The molecule has 2 saturated heterocycles. The van der Waals surface area contributed by atoms with Gasteiger partial charge in [-0.2, -0.15) is 4.99 Å². The molecule has 1 aromatic carbocycles. The maximum atomic E-state index is 12.1. The molecule has 0 aliphatic carbocycles. The van der Waals surface area contributed by atoms with Crippen molar-refractivity contribution in [2.24, 2.45) is 4.99 Å². The predicted octanol–water partition coefficient (Wildman–Crippen LogP) is 2.20. The molecule has 142 valence electrons. The molecular weight excluding hydrogens is 423 g/mol. The van der Waals surface area contributed by atoms with Gasteiger partial charge in [0, 0.05) is 11.3 Å². The molecule has 2 atom stereocenters. The molecule has 1 amide bonds. The minimum absolute atomic E-state index is 0.0269. The van der Waals surface area contributed by atoms with E-state index in [1.54, 1.807) is 17.0 Å². The molecule has 3 rings (SSSR count). The molecule has 0 bridgehead atoms. The summed E-state index contributed by atoms with van der Waals surface area (Å²) in [4.78, 5) is 17.5. The lowest BCUT2D eigenvalue weighted by Gasteiger charge is -2.26. The molecule has 2 aliphatic rings. The number of carbonyl (C=O) groups is 1. The second-order valence-electron chi connectivity index (χ2n) is 5.75. The Hall–Kier alpha value is -1.16. The smallest absolute Gasteiger partial charge is 0.262 e. The molecule has 7 nitrogen and oxygen atoms in total. The number of amides is 1. The van der Waals surface area contributed by atoms with Crippen molar-refractivity contribution in [2.75, 3.05) is 36.5 Å². The molecule has 0 unspecified atom stereocenters. The molecule has 1 aromatic rings. The highest BCUT2D eigenvalue weighted by Crippen LogP contribution is 2.46. The van der Waals surface area contributed by atoms with E-state index in [-0.39, 0.29) is 28.7 Å². The summed E-state index contributed by atoms with van der Waals surface area (Å²) in [6.45, 7) is 0. The van der Waals surface area contributed by atoms with Crippen LogP contribution in [0.25, 0.3) is 0 Å². The zero-order chi connectivity index (χ0) is 19.1. The average Bonchev–Trinajstić information content (AvgIpc) is 3.05. The molecule has 0 spiro atoms. The second-order valence-corrected chi connectivity index (χ2v) is 9.79. The molecule has 11 heteroatoms. The SMILES string of the molecule is COc1cc(OC)c(N2C(=NC(=O)CCl)S[C@H]3CS(=O)(=O)C[C@@H]32)cc1Cl. The van der Waals surface area contributed by atoms with E-state index in [2.05, 4.69) is 4.99 Å². The van der Waals surface area contributed by atoms with Crippen LogP contribution in [-0.4, -0.2) is 62.4 Å². The van der Waals surface area contributed by atoms with Gasteiger partial charge in [0.2, 0.25) is 0 Å². The van der Waals surface area contributed by atoms with Crippen molar-refractivity contribution >= 4 is 61.6 Å². The monoisotopic (exact) mass is 438 g/mol. The molecule has 0 radical (unpaired) electrons. The number of alkyl halides is 1. The van der Waals surface area contributed by atoms with Crippen LogP contribution in [-0.2, 0) is 14.6 Å². The van der Waals surface area contributed by atoms with Crippen LogP contribution in [0.4, 0.5) is 5.69 Å². The van der Waals surface area contributed by atoms with E-state index < -0.39 is 15.7 Å². The number of ether oxygens (including phenoxy) is 2. The van der Waals surface area contributed by atoms with Crippen LogP contribution in [0.3, 0.4) is 0 Å². The van der Waals surface area contributed by atoms with E-state index in [1.807, 2.05) is 0 Å². The number of sulfone groups is 1. The van der Waals surface area contributed by atoms with E-state index in [4.69, 9.17) is 32.7 Å². The van der Waals surface area contributed by atoms with Gasteiger partial charge < -0.3 is 14.4 Å². The average molecular weight is 439 g/mol. The minimum atomic E-state index is -3.17. The van der Waals surface area contributed by atoms with Crippen LogP contribution in [0.5, 0.6) is 11.5 Å². The Bertz CT molecular complexity index is 875. The highest BCUT2D eigenvalue weighted by Gasteiger charge is 2.50. The van der Waals surface area contributed by atoms with Crippen molar-refractivity contribution in [1.82, 2.24) is 0 Å². The number of aliphatic imine (C=N–C) groups is 1. The summed E-state index contributed by atoms with van der Waals surface area (Å²) in [5.74, 6) is 0.0879. The number of rotatable bonds is 4. The lowest BCUT2D eigenvalue weighted by molar-refractivity contribution is -0.115. The Kier molecular flexibility index (Phi) is 5.62. The number of anilines is 1. The summed E-state index contributed by atoms with van der Waals surface area (Å²) in [6.07, 6.45) is 0. The van der Waals surface area contributed by atoms with E-state index in [1.165, 1.54) is 26.0 Å². The Labute approximate surface area is 165 Å². The third kappa shape index (κ3) is 3.62. The first kappa shape index (κ1) is 19.6. The fraction of sp³-hybridized carbons (Fsp3) is 0.467. The first-order valence-corrected chi connectivity index (χ1v) is 11.2. The quantitative estimate of drug-likeness (QED) is 0.665. The Morgan fingerprint density at radius 1 is 1.31 bits per heavy atom. The Morgan fingerprint density at radius 3 is 2.62 bits per heavy atom. The number of methoxy groups -OCH3 is 2. The van der Waals surface area contributed by atoms with Gasteiger partial charge in [-0.25, -0.2) is 8.42 Å². The largest absolute Gasteiger partial charge is 0.495 e. The number of hydrogen-bond donors (Lipinski definition) is 0. The van der Waals surface area contributed by atoms with Gasteiger partial charge >= 0.3 is 0 Å². The predicted molar refractivity (Wildman–Crippen MR) is 104 cm³/mol. The van der Waals surface area contributed by atoms with Crippen molar-refractivity contribution in [1.29, 1.82) is 0 Å². The van der Waals surface area contributed by atoms with Gasteiger partial charge in [-0.05, 0) is 6.07 Å². The van der Waals surface area contributed by atoms with Crippen molar-refractivity contribution in [3.8, 4) is 11.5 Å². The van der Waals surface area contributed by atoms with E-state index in [0.29, 0.717) is 27.4 Å². The van der Waals surface area contributed by atoms with Crippen LogP contribution < -0.4 is 14.4 Å². The van der Waals surface area contributed by atoms with Gasteiger partial charge in [0.25, 0.3) is 5.91 Å². The van der Waals surface area contributed by atoms with Crippen LogP contribution in [0.1, 0.15) is 0 Å². The van der Waals surface area contributed by atoms with Gasteiger partial charge in [-0.3, -0.25) is 4.79 Å². The second kappa shape index (κ2) is 7.46. The van der Waals surface area contributed by atoms with Crippen molar-refractivity contribution < 1.29 is 22.7 Å². The van der Waals surface area contributed by atoms with Crippen LogP contribution in [0, 0.1) is 0 Å². The maximum absolute atomic E-state index is 12.1. The number of amidine groups is 1. The number of carbonyl (C=O) groups excluding carboxylic acids is 1. The summed E-state index contributed by atoms with van der Waals surface area (Å²) < 4.78 is 34.8. The molecule has 26 heavy (non-hydrogen) atoms. The molecule has 2 aliphatic heterocycles. The number of benzene rings is 1. The molecule has 2 fully saturated rings. The van der Waals surface area contributed by atoms with Crippen molar-refractivity contribution in [2.45, 2.75) is 11.3 Å². The fourth-order valence-corrected chi connectivity index (χ4v) is 7.23. The van der Waals surface area contributed by atoms with Crippen LogP contribution in [0.2, 0.25) is 5.02 Å². The van der Waals surface area contributed by atoms with Gasteiger partial charge in [0.05, 0.1) is 42.5 Å². The number of nitrogens with zero attached hydrogens (tertiary/aromatic N) is 2. The van der Waals surface area contributed by atoms with E-state index in [9.17, 15) is 13.2 Å². The number of fused-ring (bicyclic) bond motifs is 1. The Morgan fingerprint density at radius 2 is 2.00 bits per heavy atom. The molecular formula is C15H16Cl2N2O5S2. The number of halogens is 2. The van der Waals surface area contributed by atoms with Gasteiger partial charge in [0.1, 0.15) is 17.4 Å². The van der Waals surface area contributed by atoms with Crippen molar-refractivity contribution in [3.63, 3.8) is 0 Å². The van der Waals surface area contributed by atoms with Crippen molar-refractivity contribution in [3.05, 3.63) is 17.2 Å². The highest BCUT2D eigenvalue weighted by molar-refractivity contribution is 8.16. The number of thioether (sulfide) groups is 1. The van der Waals surface area contributed by atoms with Gasteiger partial charge in [-0.1, -0.05) is 23.4 Å². The molecule has 0 saturated carbocycles. The summed E-state index contributed by atoms with van der Waals surface area (Å²) in [5.41, 5.74) is 0.525. The molecule has 2 heterocycles. The highest BCUT2D eigenvalue weighted by atomic mass is 35.5. The zero-order valence-electron chi connectivity index (χ0n) is 13.9. The normalized spacial score (nSPS) is 25.4. The minimum Gasteiger partial charge on any atom is -0.495 e. The van der Waals surface area contributed by atoms with Gasteiger partial charge in [0.15, 0.2) is 15.0 Å². The number of hydrogen-bond acceptors (Lipinski definition) is 6. The third-order valence-corrected chi connectivity index (χ3v) is 7.85. The lowest BCUT2D eigenvalue weighted by Crippen LogP contribution is -2.38. The fourth-order valence-electron chi connectivity index (χ4n) is 3.02. The topological polar surface area (TPSA) is 85.3 Å². The summed E-state index contributed by atoms with van der Waals surface area (Å²) in [7, 11) is -0.205. The van der Waals surface area contributed by atoms with Crippen LogP contribution in [0.15, 0.2) is 17.1 Å². The first-order valence-electron chi connectivity index (χ1n) is 7.55. The maximum Gasteiger partial charge on any atom is 0.262 e. The lowest BCUT2D eigenvalue weighted by atomic mass is 10.2. The standard InChI is InChI=1S/C15H16Cl2N2O5S2/c1-23-11-4-12(24-2)9(3-8(11)17)19-10-6-26(21,22)7-13(10)25-15(19)18-14(20)5-16/h3-4,10,13H,5-7H2,1-2H3/t10-,13-/m0/s1. The molecule has 0 N–H and O–H groups in total. The molecule has 0 aromatic heterocycles. The zero-order valence-corrected chi connectivity index (χ0v) is 17.1. The first-order chi connectivity index (χ1) is 12.3. The summed E-state index contributed by atoms with van der Waals surface area (Å²) >= 11 is 13.1. The third-order valence-electron chi connectivity index (χ3n) is 4.11. The van der Waals surface area contributed by atoms with Gasteiger partial charge in [-0.15, -0.1) is 11.6 Å².